The quantitative estimate of drug-likeness (QED) is 0.701. The summed E-state index contributed by atoms with van der Waals surface area (Å²) in [6, 6.07) is 2.24. The molecule has 5 rings (SSSR count). The van der Waals surface area contributed by atoms with E-state index in [1.807, 2.05) is 16.8 Å². The highest BCUT2D eigenvalue weighted by atomic mass is 35.5. The average Bonchev–Trinajstić information content (AvgIpc) is 3.33. The number of piperidine rings is 1. The van der Waals surface area contributed by atoms with Crippen LogP contribution in [0.25, 0.3) is 5.65 Å². The second kappa shape index (κ2) is 7.17. The monoisotopic (exact) mass is 415 g/mol. The van der Waals surface area contributed by atoms with Crippen LogP contribution in [0, 0.1) is 5.41 Å². The Labute approximate surface area is 172 Å². The summed E-state index contributed by atoms with van der Waals surface area (Å²) in [4.78, 5) is 17.4. The van der Waals surface area contributed by atoms with Crippen molar-refractivity contribution in [2.45, 2.75) is 47.9 Å². The van der Waals surface area contributed by atoms with Crippen LogP contribution in [-0.2, 0) is 0 Å². The van der Waals surface area contributed by atoms with Gasteiger partial charge in [0.1, 0.15) is 6.33 Å². The molecule has 0 bridgehead atoms. The van der Waals surface area contributed by atoms with Crippen LogP contribution >= 0.6 is 23.4 Å². The molecular formula is C19H22ClN7S. The number of aromatic nitrogens is 5. The van der Waals surface area contributed by atoms with Crippen molar-refractivity contribution in [1.82, 2.24) is 24.6 Å². The molecule has 0 amide bonds. The lowest BCUT2D eigenvalue weighted by molar-refractivity contribution is 0.196. The number of anilines is 1. The molecule has 0 radical (unpaired) electrons. The Morgan fingerprint density at radius 3 is 2.75 bits per heavy atom. The molecule has 3 aromatic rings. The van der Waals surface area contributed by atoms with Crippen LogP contribution in [0.3, 0.4) is 0 Å². The lowest BCUT2D eigenvalue weighted by atomic mass is 9.74. The van der Waals surface area contributed by atoms with Crippen LogP contribution in [0.15, 0.2) is 40.8 Å². The van der Waals surface area contributed by atoms with Gasteiger partial charge in [-0.25, -0.2) is 9.97 Å². The van der Waals surface area contributed by atoms with E-state index in [-0.39, 0.29) is 0 Å². The van der Waals surface area contributed by atoms with Gasteiger partial charge in [-0.15, -0.1) is 0 Å². The highest BCUT2D eigenvalue weighted by Gasteiger charge is 2.43. The number of hydrogen-bond donors (Lipinski definition) is 1. The summed E-state index contributed by atoms with van der Waals surface area (Å²) in [5, 5.41) is 5.05. The van der Waals surface area contributed by atoms with E-state index in [0.717, 1.165) is 53.7 Å². The van der Waals surface area contributed by atoms with Gasteiger partial charge in [0.2, 0.25) is 5.95 Å². The van der Waals surface area contributed by atoms with Gasteiger partial charge in [-0.2, -0.15) is 9.61 Å². The van der Waals surface area contributed by atoms with Gasteiger partial charge in [-0.05, 0) is 37.2 Å². The largest absolute Gasteiger partial charge is 0.341 e. The number of hydrogen-bond acceptors (Lipinski definition) is 7. The molecule has 3 aromatic heterocycles. The molecule has 28 heavy (non-hydrogen) atoms. The summed E-state index contributed by atoms with van der Waals surface area (Å²) < 4.78 is 1.84. The van der Waals surface area contributed by atoms with Gasteiger partial charge < -0.3 is 10.6 Å². The van der Waals surface area contributed by atoms with Gasteiger partial charge in [-0.3, -0.25) is 4.98 Å². The minimum absolute atomic E-state index is 0.325. The predicted molar refractivity (Wildman–Crippen MR) is 110 cm³/mol. The van der Waals surface area contributed by atoms with Gasteiger partial charge in [-0.1, -0.05) is 29.8 Å². The molecule has 1 atom stereocenters. The van der Waals surface area contributed by atoms with E-state index in [1.165, 1.54) is 24.6 Å². The second-order valence-electron chi connectivity index (χ2n) is 7.67. The third-order valence-electron chi connectivity index (χ3n) is 6.23. The summed E-state index contributed by atoms with van der Waals surface area (Å²) in [6.07, 6.45) is 12.7. The van der Waals surface area contributed by atoms with Crippen molar-refractivity contribution in [3.05, 3.63) is 36.0 Å². The van der Waals surface area contributed by atoms with Crippen molar-refractivity contribution in [1.29, 1.82) is 0 Å². The fraction of sp³-hybridized carbons (Fsp3) is 0.474. The molecule has 1 spiro atoms. The van der Waals surface area contributed by atoms with Gasteiger partial charge in [0.15, 0.2) is 5.65 Å². The van der Waals surface area contributed by atoms with E-state index in [2.05, 4.69) is 20.0 Å². The fourth-order valence-electron chi connectivity index (χ4n) is 4.57. The van der Waals surface area contributed by atoms with Crippen molar-refractivity contribution in [2.75, 3.05) is 18.0 Å². The highest BCUT2D eigenvalue weighted by molar-refractivity contribution is 7.99. The Kier molecular flexibility index (Phi) is 4.65. The first-order chi connectivity index (χ1) is 13.7. The first kappa shape index (κ1) is 18.1. The van der Waals surface area contributed by atoms with Gasteiger partial charge in [0, 0.05) is 42.6 Å². The maximum absolute atomic E-state index is 6.43. The lowest BCUT2D eigenvalue weighted by Gasteiger charge is -2.42. The number of halogens is 1. The number of nitrogens with two attached hydrogens (primary N) is 1. The molecular weight excluding hydrogens is 394 g/mol. The van der Waals surface area contributed by atoms with E-state index in [1.54, 1.807) is 18.7 Å². The summed E-state index contributed by atoms with van der Waals surface area (Å²) >= 11 is 7.78. The van der Waals surface area contributed by atoms with Crippen molar-refractivity contribution < 1.29 is 0 Å². The third-order valence-corrected chi connectivity index (χ3v) is 7.73. The normalized spacial score (nSPS) is 21.6. The van der Waals surface area contributed by atoms with Crippen molar-refractivity contribution in [2.24, 2.45) is 11.1 Å². The molecule has 2 fully saturated rings. The number of nitrogens with zero attached hydrogens (tertiary/aromatic N) is 6. The number of pyridine rings is 1. The van der Waals surface area contributed by atoms with Gasteiger partial charge >= 0.3 is 0 Å². The van der Waals surface area contributed by atoms with E-state index >= 15 is 0 Å². The first-order valence-electron chi connectivity index (χ1n) is 9.63. The minimum Gasteiger partial charge on any atom is -0.341 e. The SMILES string of the molecule is N[C@@H]1CCCC12CCN(c1ncc(Sc3ccncc3Cl)c3ncnn13)CC2. The van der Waals surface area contributed by atoms with E-state index < -0.39 is 0 Å². The first-order valence-corrected chi connectivity index (χ1v) is 10.8. The molecule has 1 aliphatic carbocycles. The van der Waals surface area contributed by atoms with Gasteiger partial charge in [0.25, 0.3) is 0 Å². The van der Waals surface area contributed by atoms with Crippen molar-refractivity contribution >= 4 is 35.0 Å². The fourth-order valence-corrected chi connectivity index (χ4v) is 5.66. The Hall–Kier alpha value is -1.90. The van der Waals surface area contributed by atoms with Crippen LogP contribution in [0.2, 0.25) is 5.02 Å². The van der Waals surface area contributed by atoms with Crippen LogP contribution in [0.1, 0.15) is 32.1 Å². The zero-order valence-corrected chi connectivity index (χ0v) is 17.0. The molecule has 4 heterocycles. The van der Waals surface area contributed by atoms with E-state index in [0.29, 0.717) is 16.5 Å². The van der Waals surface area contributed by atoms with Crippen LogP contribution < -0.4 is 10.6 Å². The molecule has 0 unspecified atom stereocenters. The molecule has 1 saturated carbocycles. The molecule has 1 aliphatic heterocycles. The molecule has 9 heteroatoms. The van der Waals surface area contributed by atoms with Crippen molar-refractivity contribution in [3.8, 4) is 0 Å². The molecule has 2 aliphatic rings. The summed E-state index contributed by atoms with van der Waals surface area (Å²) in [5.41, 5.74) is 7.55. The lowest BCUT2D eigenvalue weighted by Crippen LogP contribution is -2.47. The predicted octanol–water partition coefficient (Wildman–Crippen LogP) is 3.42. The smallest absolute Gasteiger partial charge is 0.228 e. The second-order valence-corrected chi connectivity index (χ2v) is 9.17. The Balaban J connectivity index is 1.41. The Bertz CT molecular complexity index is 999. The zero-order valence-electron chi connectivity index (χ0n) is 15.5. The number of fused-ring (bicyclic) bond motifs is 1. The molecule has 2 N–H and O–H groups in total. The zero-order chi connectivity index (χ0) is 19.1. The third kappa shape index (κ3) is 3.03. The summed E-state index contributed by atoms with van der Waals surface area (Å²) in [7, 11) is 0. The summed E-state index contributed by atoms with van der Waals surface area (Å²) in [5.74, 6) is 0.846. The average molecular weight is 416 g/mol. The van der Waals surface area contributed by atoms with Crippen molar-refractivity contribution in [3.63, 3.8) is 0 Å². The topological polar surface area (TPSA) is 85.2 Å². The Morgan fingerprint density at radius 1 is 1.14 bits per heavy atom. The highest BCUT2D eigenvalue weighted by Crippen LogP contribution is 2.46. The maximum Gasteiger partial charge on any atom is 0.228 e. The van der Waals surface area contributed by atoms with E-state index in [9.17, 15) is 0 Å². The van der Waals surface area contributed by atoms with Gasteiger partial charge in [0.05, 0.1) is 9.92 Å². The van der Waals surface area contributed by atoms with Crippen LogP contribution in [0.5, 0.6) is 0 Å². The summed E-state index contributed by atoms with van der Waals surface area (Å²) in [6.45, 7) is 1.91. The number of rotatable bonds is 3. The standard InChI is InChI=1S/C19H22ClN7S/c20-13-10-22-7-3-14(13)28-15-11-23-18(27-17(15)24-12-25-27)26-8-5-19(6-9-26)4-1-2-16(19)21/h3,7,10-12,16H,1-2,4-6,8-9,21H2/t16-/m1/s1. The van der Waals surface area contributed by atoms with Crippen LogP contribution in [0.4, 0.5) is 5.95 Å². The van der Waals surface area contributed by atoms with Crippen LogP contribution in [-0.4, -0.2) is 43.7 Å². The molecule has 0 aromatic carbocycles. The minimum atomic E-state index is 0.325. The van der Waals surface area contributed by atoms with E-state index in [4.69, 9.17) is 22.3 Å². The molecule has 146 valence electrons. The Morgan fingerprint density at radius 2 is 2.00 bits per heavy atom. The maximum atomic E-state index is 6.43. The molecule has 1 saturated heterocycles. The molecule has 7 nitrogen and oxygen atoms in total.